The second-order valence-electron chi connectivity index (χ2n) is 7.20. The van der Waals surface area contributed by atoms with Crippen LogP contribution in [0.3, 0.4) is 0 Å². The van der Waals surface area contributed by atoms with Crippen molar-refractivity contribution in [3.63, 3.8) is 0 Å². The summed E-state index contributed by atoms with van der Waals surface area (Å²) in [4.78, 5) is 25.8. The molecule has 0 radical (unpaired) electrons. The van der Waals surface area contributed by atoms with E-state index in [9.17, 15) is 9.59 Å². The monoisotopic (exact) mass is 404 g/mol. The number of carbonyl (C=O) groups is 2. The van der Waals surface area contributed by atoms with Crippen molar-refractivity contribution in [1.29, 1.82) is 0 Å². The lowest BCUT2D eigenvalue weighted by Crippen LogP contribution is -2.37. The second-order valence-corrected chi connectivity index (χ2v) is 7.64. The van der Waals surface area contributed by atoms with Crippen LogP contribution < -0.4 is 10.6 Å². The van der Waals surface area contributed by atoms with Gasteiger partial charge in [-0.2, -0.15) is 0 Å². The van der Waals surface area contributed by atoms with E-state index in [2.05, 4.69) is 10.6 Å². The summed E-state index contributed by atoms with van der Waals surface area (Å²) in [7, 11) is 0. The topological polar surface area (TPSA) is 58.2 Å². The molecular formula is C24H21ClN2O2. The number of halogens is 1. The number of anilines is 2. The summed E-state index contributed by atoms with van der Waals surface area (Å²) in [5.41, 5.74) is 1.41. The number of hydrogen-bond donors (Lipinski definition) is 2. The number of rotatable bonds is 4. The van der Waals surface area contributed by atoms with Crippen LogP contribution in [0.15, 0.2) is 78.9 Å². The molecular weight excluding hydrogens is 384 g/mol. The standard InChI is InChI=1S/C24H21ClN2O2/c25-18-10-13-19(14-11-18)26-23(28)21-7-3-4-8-22(21)24(29)27-20-12-9-16-5-1-2-6-17(16)15-20/h1-6,9-15,21-22H,7-8H2,(H,26,28)(H,27,29). The van der Waals surface area contributed by atoms with Crippen LogP contribution in [0.25, 0.3) is 10.8 Å². The highest BCUT2D eigenvalue weighted by molar-refractivity contribution is 6.30. The number of carbonyl (C=O) groups excluding carboxylic acids is 2. The van der Waals surface area contributed by atoms with Gasteiger partial charge < -0.3 is 10.6 Å². The lowest BCUT2D eigenvalue weighted by Gasteiger charge is -2.26. The Hall–Kier alpha value is -3.11. The Morgan fingerprint density at radius 3 is 1.93 bits per heavy atom. The molecule has 4 nitrogen and oxygen atoms in total. The number of allylic oxidation sites excluding steroid dienone is 2. The van der Waals surface area contributed by atoms with Crippen LogP contribution in [0, 0.1) is 11.8 Å². The minimum atomic E-state index is -0.420. The van der Waals surface area contributed by atoms with Gasteiger partial charge in [0.1, 0.15) is 0 Å². The minimum absolute atomic E-state index is 0.138. The van der Waals surface area contributed by atoms with Crippen LogP contribution in [-0.4, -0.2) is 11.8 Å². The Bertz CT molecular complexity index is 1080. The zero-order valence-corrected chi connectivity index (χ0v) is 16.5. The van der Waals surface area contributed by atoms with Crippen molar-refractivity contribution in [1.82, 2.24) is 0 Å². The van der Waals surface area contributed by atoms with Gasteiger partial charge >= 0.3 is 0 Å². The first-order valence-electron chi connectivity index (χ1n) is 9.61. The van der Waals surface area contributed by atoms with E-state index < -0.39 is 11.8 Å². The maximum atomic E-state index is 13.0. The smallest absolute Gasteiger partial charge is 0.228 e. The zero-order valence-electron chi connectivity index (χ0n) is 15.8. The van der Waals surface area contributed by atoms with Crippen LogP contribution in [-0.2, 0) is 9.59 Å². The van der Waals surface area contributed by atoms with Gasteiger partial charge in [-0.1, -0.05) is 54.1 Å². The van der Waals surface area contributed by atoms with Crippen molar-refractivity contribution in [2.45, 2.75) is 12.8 Å². The molecule has 0 saturated heterocycles. The van der Waals surface area contributed by atoms with E-state index in [1.807, 2.05) is 54.6 Å². The average Bonchev–Trinajstić information content (AvgIpc) is 2.75. The normalized spacial score (nSPS) is 18.4. The van der Waals surface area contributed by atoms with Gasteiger partial charge in [-0.25, -0.2) is 0 Å². The molecule has 2 atom stereocenters. The first-order valence-corrected chi connectivity index (χ1v) is 9.99. The summed E-state index contributed by atoms with van der Waals surface area (Å²) in [5, 5.41) is 8.68. The molecule has 4 rings (SSSR count). The van der Waals surface area contributed by atoms with Crippen LogP contribution in [0.4, 0.5) is 11.4 Å². The second kappa shape index (κ2) is 8.50. The third-order valence-electron chi connectivity index (χ3n) is 5.23. The van der Waals surface area contributed by atoms with Crippen molar-refractivity contribution in [3.8, 4) is 0 Å². The van der Waals surface area contributed by atoms with Gasteiger partial charge in [0.05, 0.1) is 11.8 Å². The van der Waals surface area contributed by atoms with E-state index >= 15 is 0 Å². The molecule has 1 aliphatic carbocycles. The molecule has 3 aromatic rings. The van der Waals surface area contributed by atoms with E-state index in [1.54, 1.807) is 24.3 Å². The maximum Gasteiger partial charge on any atom is 0.228 e. The Morgan fingerprint density at radius 2 is 1.28 bits per heavy atom. The summed E-state index contributed by atoms with van der Waals surface area (Å²) in [5.74, 6) is -1.13. The fraction of sp³-hybridized carbons (Fsp3) is 0.167. The van der Waals surface area contributed by atoms with Gasteiger partial charge in [-0.15, -0.1) is 0 Å². The molecule has 0 saturated carbocycles. The van der Waals surface area contributed by atoms with E-state index in [4.69, 9.17) is 11.6 Å². The molecule has 146 valence electrons. The quantitative estimate of drug-likeness (QED) is 0.552. The summed E-state index contributed by atoms with van der Waals surface area (Å²) in [6, 6.07) is 20.8. The highest BCUT2D eigenvalue weighted by Crippen LogP contribution is 2.29. The zero-order chi connectivity index (χ0) is 20.2. The first kappa shape index (κ1) is 19.2. The number of nitrogens with one attached hydrogen (secondary N) is 2. The van der Waals surface area contributed by atoms with E-state index in [-0.39, 0.29) is 11.8 Å². The molecule has 1 aliphatic rings. The average molecular weight is 405 g/mol. The number of amides is 2. The van der Waals surface area contributed by atoms with E-state index in [1.165, 1.54) is 0 Å². The molecule has 0 bridgehead atoms. The highest BCUT2D eigenvalue weighted by atomic mass is 35.5. The van der Waals surface area contributed by atoms with Crippen LogP contribution in [0.5, 0.6) is 0 Å². The maximum absolute atomic E-state index is 13.0. The minimum Gasteiger partial charge on any atom is -0.326 e. The van der Waals surface area contributed by atoms with Crippen molar-refractivity contribution < 1.29 is 9.59 Å². The fourth-order valence-electron chi connectivity index (χ4n) is 3.66. The first-order chi connectivity index (χ1) is 14.1. The van der Waals surface area contributed by atoms with Gasteiger partial charge in [-0.05, 0) is 60.0 Å². The Morgan fingerprint density at radius 1 is 0.724 bits per heavy atom. The van der Waals surface area contributed by atoms with Gasteiger partial charge in [0.15, 0.2) is 0 Å². The number of benzene rings is 3. The van der Waals surface area contributed by atoms with E-state index in [0.29, 0.717) is 23.6 Å². The molecule has 0 fully saturated rings. The summed E-state index contributed by atoms with van der Waals surface area (Å²) in [6.45, 7) is 0. The molecule has 29 heavy (non-hydrogen) atoms. The molecule has 3 aromatic carbocycles. The summed E-state index contributed by atoms with van der Waals surface area (Å²) >= 11 is 5.90. The summed E-state index contributed by atoms with van der Waals surface area (Å²) in [6.07, 6.45) is 5.01. The third-order valence-corrected chi connectivity index (χ3v) is 5.49. The van der Waals surface area contributed by atoms with Crippen LogP contribution in [0.2, 0.25) is 5.02 Å². The molecule has 0 heterocycles. The van der Waals surface area contributed by atoms with Crippen molar-refractivity contribution in [3.05, 3.63) is 83.9 Å². The molecule has 0 spiro atoms. The molecule has 0 aromatic heterocycles. The Labute approximate surface area is 174 Å². The number of fused-ring (bicyclic) bond motifs is 1. The van der Waals surface area contributed by atoms with Crippen molar-refractivity contribution in [2.75, 3.05) is 10.6 Å². The van der Waals surface area contributed by atoms with Crippen molar-refractivity contribution >= 4 is 45.6 Å². The lowest BCUT2D eigenvalue weighted by molar-refractivity contribution is -0.129. The molecule has 2 amide bonds. The molecule has 5 heteroatoms. The van der Waals surface area contributed by atoms with Crippen LogP contribution >= 0.6 is 11.6 Å². The number of hydrogen-bond acceptors (Lipinski definition) is 2. The fourth-order valence-corrected chi connectivity index (χ4v) is 3.79. The summed E-state index contributed by atoms with van der Waals surface area (Å²) < 4.78 is 0. The lowest BCUT2D eigenvalue weighted by atomic mass is 9.81. The highest BCUT2D eigenvalue weighted by Gasteiger charge is 2.34. The largest absolute Gasteiger partial charge is 0.326 e. The molecule has 2 unspecified atom stereocenters. The van der Waals surface area contributed by atoms with Crippen LogP contribution in [0.1, 0.15) is 12.8 Å². The SMILES string of the molecule is O=C(Nc1ccc(Cl)cc1)C1CC=CCC1C(=O)Nc1ccc2ccccc2c1. The third kappa shape index (κ3) is 4.49. The van der Waals surface area contributed by atoms with Gasteiger partial charge in [0.25, 0.3) is 0 Å². The Balaban J connectivity index is 1.48. The van der Waals surface area contributed by atoms with E-state index in [0.717, 1.165) is 16.5 Å². The van der Waals surface area contributed by atoms with Gasteiger partial charge in [0.2, 0.25) is 11.8 Å². The predicted molar refractivity (Wildman–Crippen MR) is 118 cm³/mol. The van der Waals surface area contributed by atoms with Gasteiger partial charge in [0, 0.05) is 16.4 Å². The molecule has 0 aliphatic heterocycles. The Kier molecular flexibility index (Phi) is 5.63. The van der Waals surface area contributed by atoms with Crippen molar-refractivity contribution in [2.24, 2.45) is 11.8 Å². The van der Waals surface area contributed by atoms with Gasteiger partial charge in [-0.3, -0.25) is 9.59 Å². The molecule has 2 N–H and O–H groups in total. The predicted octanol–water partition coefficient (Wildman–Crippen LogP) is 5.65.